The molecule has 0 aliphatic carbocycles. The first-order valence-corrected chi connectivity index (χ1v) is 6.70. The highest BCUT2D eigenvalue weighted by Gasteiger charge is 2.06. The second-order valence-corrected chi connectivity index (χ2v) is 4.81. The first-order chi connectivity index (χ1) is 9.58. The lowest BCUT2D eigenvalue weighted by atomic mass is 10.1. The van der Waals surface area contributed by atoms with E-state index in [2.05, 4.69) is 10.4 Å². The number of hydrogen-bond donors (Lipinski definition) is 2. The smallest absolute Gasteiger partial charge is 0.228 e. The maximum Gasteiger partial charge on any atom is 0.228 e. The molecule has 20 heavy (non-hydrogen) atoms. The average Bonchev–Trinajstić information content (AvgIpc) is 2.86. The van der Waals surface area contributed by atoms with Gasteiger partial charge in [0.05, 0.1) is 18.3 Å². The number of anilines is 1. The zero-order valence-electron chi connectivity index (χ0n) is 11.2. The van der Waals surface area contributed by atoms with Crippen LogP contribution in [0.3, 0.4) is 0 Å². The highest BCUT2D eigenvalue weighted by Crippen LogP contribution is 2.08. The first kappa shape index (κ1) is 14.2. The van der Waals surface area contributed by atoms with Crippen LogP contribution in [-0.4, -0.2) is 20.7 Å². The van der Waals surface area contributed by atoms with Crippen LogP contribution in [0.1, 0.15) is 18.1 Å². The number of rotatable bonds is 5. The summed E-state index contributed by atoms with van der Waals surface area (Å²) in [4.78, 5) is 12.3. The number of carbonyl (C=O) groups is 1. The van der Waals surface area contributed by atoms with Gasteiger partial charge in [-0.25, -0.2) is 0 Å². The quantitative estimate of drug-likeness (QED) is 0.822. The predicted octanol–water partition coefficient (Wildman–Crippen LogP) is 1.72. The van der Waals surface area contributed by atoms with E-state index in [9.17, 15) is 4.79 Å². The van der Waals surface area contributed by atoms with E-state index in [-0.39, 0.29) is 5.91 Å². The van der Waals surface area contributed by atoms with Gasteiger partial charge in [-0.1, -0.05) is 36.5 Å². The fourth-order valence-corrected chi connectivity index (χ4v) is 1.91. The Morgan fingerprint density at radius 1 is 1.40 bits per heavy atom. The standard InChI is InChI=1S/C14H16N4OS/c1-2-18-9-12(8-16-18)17-13(19)7-10-3-5-11(6-4-10)14(15)20/h3-6,8-9H,2,7H2,1H3,(H2,15,20)(H,17,19). The van der Waals surface area contributed by atoms with Gasteiger partial charge in [-0.05, 0) is 12.5 Å². The van der Waals surface area contributed by atoms with Crippen molar-refractivity contribution in [3.05, 3.63) is 47.8 Å². The molecule has 0 unspecified atom stereocenters. The minimum atomic E-state index is -0.0799. The fourth-order valence-electron chi connectivity index (χ4n) is 1.78. The van der Waals surface area contributed by atoms with Crippen LogP contribution in [0, 0.1) is 0 Å². The Labute approximate surface area is 122 Å². The number of thiocarbonyl (C=S) groups is 1. The molecule has 0 saturated carbocycles. The lowest BCUT2D eigenvalue weighted by Gasteiger charge is -2.04. The largest absolute Gasteiger partial charge is 0.389 e. The third-order valence-corrected chi connectivity index (χ3v) is 3.08. The molecular formula is C14H16N4OS. The topological polar surface area (TPSA) is 72.9 Å². The fraction of sp³-hybridized carbons (Fsp3) is 0.214. The Balaban J connectivity index is 1.95. The highest BCUT2D eigenvalue weighted by atomic mass is 32.1. The second-order valence-electron chi connectivity index (χ2n) is 4.37. The summed E-state index contributed by atoms with van der Waals surface area (Å²) < 4.78 is 1.76. The maximum absolute atomic E-state index is 11.9. The number of hydrogen-bond acceptors (Lipinski definition) is 3. The van der Waals surface area contributed by atoms with Crippen molar-refractivity contribution >= 4 is 28.8 Å². The van der Waals surface area contributed by atoms with Crippen molar-refractivity contribution in [2.75, 3.05) is 5.32 Å². The molecule has 0 spiro atoms. The summed E-state index contributed by atoms with van der Waals surface area (Å²) in [5.74, 6) is -0.0799. The molecule has 6 heteroatoms. The Morgan fingerprint density at radius 2 is 2.10 bits per heavy atom. The van der Waals surface area contributed by atoms with Crippen molar-refractivity contribution in [1.29, 1.82) is 0 Å². The number of aryl methyl sites for hydroxylation is 1. The number of nitrogens with two attached hydrogens (primary N) is 1. The molecule has 2 aromatic rings. The van der Waals surface area contributed by atoms with E-state index in [1.807, 2.05) is 31.2 Å². The molecule has 3 N–H and O–H groups in total. The summed E-state index contributed by atoms with van der Waals surface area (Å²) in [6.45, 7) is 2.76. The van der Waals surface area contributed by atoms with Crippen LogP contribution >= 0.6 is 12.2 Å². The van der Waals surface area contributed by atoms with E-state index >= 15 is 0 Å². The van der Waals surface area contributed by atoms with Crippen molar-refractivity contribution in [1.82, 2.24) is 9.78 Å². The van der Waals surface area contributed by atoms with E-state index in [1.54, 1.807) is 17.1 Å². The molecule has 2 rings (SSSR count). The Hall–Kier alpha value is -2.21. The minimum absolute atomic E-state index is 0.0799. The van der Waals surface area contributed by atoms with Gasteiger partial charge in [0.25, 0.3) is 0 Å². The van der Waals surface area contributed by atoms with Gasteiger partial charge in [-0.2, -0.15) is 5.10 Å². The second kappa shape index (κ2) is 6.29. The molecule has 0 radical (unpaired) electrons. The normalized spacial score (nSPS) is 10.2. The van der Waals surface area contributed by atoms with Gasteiger partial charge in [-0.3, -0.25) is 9.48 Å². The van der Waals surface area contributed by atoms with Crippen molar-refractivity contribution in [3.8, 4) is 0 Å². The lowest BCUT2D eigenvalue weighted by molar-refractivity contribution is -0.115. The number of nitrogens with one attached hydrogen (secondary N) is 1. The van der Waals surface area contributed by atoms with Crippen LogP contribution in [0.25, 0.3) is 0 Å². The zero-order chi connectivity index (χ0) is 14.5. The molecule has 0 saturated heterocycles. The van der Waals surface area contributed by atoms with Crippen LogP contribution in [0.4, 0.5) is 5.69 Å². The van der Waals surface area contributed by atoms with E-state index < -0.39 is 0 Å². The number of nitrogens with zero attached hydrogens (tertiary/aromatic N) is 2. The molecule has 5 nitrogen and oxygen atoms in total. The number of aromatic nitrogens is 2. The number of amides is 1. The van der Waals surface area contributed by atoms with Crippen molar-refractivity contribution < 1.29 is 4.79 Å². The molecule has 1 aromatic heterocycles. The van der Waals surface area contributed by atoms with Gasteiger partial charge in [-0.15, -0.1) is 0 Å². The van der Waals surface area contributed by atoms with Crippen molar-refractivity contribution in [2.45, 2.75) is 19.9 Å². The van der Waals surface area contributed by atoms with Gasteiger partial charge in [0.2, 0.25) is 5.91 Å². The lowest BCUT2D eigenvalue weighted by Crippen LogP contribution is -2.14. The molecule has 1 amide bonds. The molecule has 0 aliphatic rings. The van der Waals surface area contributed by atoms with Gasteiger partial charge in [0.1, 0.15) is 4.99 Å². The van der Waals surface area contributed by atoms with Crippen LogP contribution in [0.15, 0.2) is 36.7 Å². The van der Waals surface area contributed by atoms with Gasteiger partial charge < -0.3 is 11.1 Å². The molecule has 1 heterocycles. The highest BCUT2D eigenvalue weighted by molar-refractivity contribution is 7.80. The third kappa shape index (κ3) is 3.64. The molecule has 0 bridgehead atoms. The van der Waals surface area contributed by atoms with Crippen molar-refractivity contribution in [2.24, 2.45) is 5.73 Å². The zero-order valence-corrected chi connectivity index (χ0v) is 12.0. The van der Waals surface area contributed by atoms with E-state index in [1.165, 1.54) is 0 Å². The van der Waals surface area contributed by atoms with Gasteiger partial charge in [0, 0.05) is 18.3 Å². The van der Waals surface area contributed by atoms with Crippen LogP contribution in [-0.2, 0) is 17.8 Å². The van der Waals surface area contributed by atoms with E-state index in [0.717, 1.165) is 17.7 Å². The third-order valence-electron chi connectivity index (χ3n) is 2.84. The monoisotopic (exact) mass is 288 g/mol. The summed E-state index contributed by atoms with van der Waals surface area (Å²) in [7, 11) is 0. The van der Waals surface area contributed by atoms with E-state index in [4.69, 9.17) is 18.0 Å². The molecule has 0 fully saturated rings. The minimum Gasteiger partial charge on any atom is -0.389 e. The van der Waals surface area contributed by atoms with Gasteiger partial charge in [0.15, 0.2) is 0 Å². The Morgan fingerprint density at radius 3 is 2.65 bits per heavy atom. The van der Waals surface area contributed by atoms with E-state index in [0.29, 0.717) is 17.1 Å². The SMILES string of the molecule is CCn1cc(NC(=O)Cc2ccc(C(N)=S)cc2)cn1. The predicted molar refractivity (Wildman–Crippen MR) is 82.6 cm³/mol. The van der Waals surface area contributed by atoms with Crippen LogP contribution in [0.5, 0.6) is 0 Å². The molecule has 0 aliphatic heterocycles. The van der Waals surface area contributed by atoms with Gasteiger partial charge >= 0.3 is 0 Å². The molecule has 0 atom stereocenters. The first-order valence-electron chi connectivity index (χ1n) is 6.29. The summed E-state index contributed by atoms with van der Waals surface area (Å²) in [5.41, 5.74) is 7.94. The van der Waals surface area contributed by atoms with Crippen LogP contribution < -0.4 is 11.1 Å². The molecule has 1 aromatic carbocycles. The van der Waals surface area contributed by atoms with Crippen molar-refractivity contribution in [3.63, 3.8) is 0 Å². The van der Waals surface area contributed by atoms with Crippen LogP contribution in [0.2, 0.25) is 0 Å². The average molecular weight is 288 g/mol. The summed E-state index contributed by atoms with van der Waals surface area (Å²) in [6, 6.07) is 7.34. The summed E-state index contributed by atoms with van der Waals surface area (Å²) in [5, 5.41) is 6.91. The molecule has 104 valence electrons. The summed E-state index contributed by atoms with van der Waals surface area (Å²) in [6.07, 6.45) is 3.74. The molecular weight excluding hydrogens is 272 g/mol. The summed E-state index contributed by atoms with van der Waals surface area (Å²) >= 11 is 4.88. The Kier molecular flexibility index (Phi) is 4.47. The number of benzene rings is 1. The maximum atomic E-state index is 11.9. The Bertz CT molecular complexity index is 618. The number of carbonyl (C=O) groups excluding carboxylic acids is 1.